The Hall–Kier alpha value is -2.59. The van der Waals surface area contributed by atoms with Gasteiger partial charge in [0.2, 0.25) is 0 Å². The molecule has 0 aliphatic rings. The summed E-state index contributed by atoms with van der Waals surface area (Å²) in [7, 11) is 1.90. The van der Waals surface area contributed by atoms with Crippen molar-refractivity contribution < 1.29 is 0 Å². The van der Waals surface area contributed by atoms with Crippen molar-refractivity contribution in [2.24, 2.45) is 9.98 Å². The molecule has 0 aromatic heterocycles. The lowest BCUT2D eigenvalue weighted by Crippen LogP contribution is -2.14. The second-order valence-corrected chi connectivity index (χ2v) is 6.40. The molecule has 5 heteroatoms. The van der Waals surface area contributed by atoms with Crippen LogP contribution < -0.4 is 10.6 Å². The molecule has 2 rings (SSSR count). The fraction of sp³-hybridized carbons (Fsp3) is 0.238. The average Bonchev–Trinajstić information content (AvgIpc) is 2.63. The molecule has 0 saturated heterocycles. The number of rotatable bonds is 5. The van der Waals surface area contributed by atoms with Gasteiger partial charge in [-0.2, -0.15) is 0 Å². The van der Waals surface area contributed by atoms with Gasteiger partial charge in [-0.15, -0.1) is 0 Å². The van der Waals surface area contributed by atoms with Crippen LogP contribution in [0.15, 0.2) is 58.2 Å². The lowest BCUT2D eigenvalue weighted by molar-refractivity contribution is 1.35. The summed E-state index contributed by atoms with van der Waals surface area (Å²) in [5, 5.41) is 7.22. The van der Waals surface area contributed by atoms with E-state index in [1.165, 1.54) is 0 Å². The summed E-state index contributed by atoms with van der Waals surface area (Å²) >= 11 is 6.37. The molecule has 136 valence electrons. The van der Waals surface area contributed by atoms with Crippen molar-refractivity contribution in [2.75, 3.05) is 17.7 Å². The van der Waals surface area contributed by atoms with E-state index < -0.39 is 0 Å². The Morgan fingerprint density at radius 3 is 2.54 bits per heavy atom. The topological polar surface area (TPSA) is 48.8 Å². The number of para-hydroxylation sites is 1. The Kier molecular flexibility index (Phi) is 6.98. The van der Waals surface area contributed by atoms with Gasteiger partial charge >= 0.3 is 0 Å². The largest absolute Gasteiger partial charge is 0.388 e. The maximum Gasteiger partial charge on any atom is 0.135 e. The minimum Gasteiger partial charge on any atom is -0.388 e. The molecular formula is C21H25ClN4. The fourth-order valence-corrected chi connectivity index (χ4v) is 2.64. The number of amidine groups is 1. The van der Waals surface area contributed by atoms with E-state index in [1.54, 1.807) is 12.4 Å². The first-order valence-electron chi connectivity index (χ1n) is 8.50. The third-order valence-corrected chi connectivity index (χ3v) is 4.29. The SMILES string of the molecule is CC=N/C=C(\C)C(=Nc1c(C)cccc1Cl)Nc1cc(NC)ccc1C. The van der Waals surface area contributed by atoms with E-state index in [0.29, 0.717) is 10.9 Å². The number of anilines is 2. The molecule has 2 N–H and O–H groups in total. The summed E-state index contributed by atoms with van der Waals surface area (Å²) in [5.41, 5.74) is 5.82. The Bertz CT molecular complexity index is 846. The van der Waals surface area contributed by atoms with E-state index in [9.17, 15) is 0 Å². The molecule has 0 aliphatic carbocycles. The summed E-state index contributed by atoms with van der Waals surface area (Å²) in [4.78, 5) is 9.04. The van der Waals surface area contributed by atoms with Crippen molar-refractivity contribution >= 4 is 40.7 Å². The zero-order valence-corrected chi connectivity index (χ0v) is 16.6. The molecule has 0 atom stereocenters. The molecule has 0 unspecified atom stereocenters. The van der Waals surface area contributed by atoms with Crippen LogP contribution in [0.5, 0.6) is 0 Å². The summed E-state index contributed by atoms with van der Waals surface area (Å²) < 4.78 is 0. The van der Waals surface area contributed by atoms with Crippen molar-refractivity contribution in [3.63, 3.8) is 0 Å². The Labute approximate surface area is 160 Å². The summed E-state index contributed by atoms with van der Waals surface area (Å²) in [6.45, 7) is 7.91. The molecule has 0 saturated carbocycles. The lowest BCUT2D eigenvalue weighted by Gasteiger charge is -2.15. The van der Waals surface area contributed by atoms with E-state index in [2.05, 4.69) is 34.7 Å². The van der Waals surface area contributed by atoms with Crippen LogP contribution in [0.4, 0.5) is 17.1 Å². The standard InChI is InChI=1S/C21H25ClN4/c1-6-24-13-16(4)21(26-20-15(3)8-7-9-18(20)22)25-19-12-17(23-5)11-10-14(19)2/h6-13,23H,1-5H3,(H,25,26)/b16-13+,24-6?. The number of hydrogen-bond acceptors (Lipinski definition) is 3. The molecule has 0 bridgehead atoms. The fourth-order valence-electron chi connectivity index (χ4n) is 2.38. The summed E-state index contributed by atoms with van der Waals surface area (Å²) in [6.07, 6.45) is 3.53. The number of nitrogens with one attached hydrogen (secondary N) is 2. The Morgan fingerprint density at radius 2 is 1.88 bits per heavy atom. The van der Waals surface area contributed by atoms with Crippen LogP contribution in [-0.2, 0) is 0 Å². The minimum atomic E-state index is 0.622. The molecule has 2 aromatic rings. The summed E-state index contributed by atoms with van der Waals surface area (Å²) in [6, 6.07) is 11.9. The molecule has 0 radical (unpaired) electrons. The lowest BCUT2D eigenvalue weighted by atomic mass is 10.1. The Balaban J connectivity index is 2.54. The van der Waals surface area contributed by atoms with Crippen molar-refractivity contribution in [3.8, 4) is 0 Å². The molecule has 2 aromatic carbocycles. The monoisotopic (exact) mass is 368 g/mol. The van der Waals surface area contributed by atoms with Gasteiger partial charge in [0.1, 0.15) is 5.84 Å². The van der Waals surface area contributed by atoms with Crippen LogP contribution in [-0.4, -0.2) is 19.1 Å². The molecule has 0 spiro atoms. The first-order chi connectivity index (χ1) is 12.5. The second-order valence-electron chi connectivity index (χ2n) is 5.99. The molecule has 4 nitrogen and oxygen atoms in total. The number of nitrogens with zero attached hydrogens (tertiary/aromatic N) is 2. The quantitative estimate of drug-likeness (QED) is 0.492. The van der Waals surface area contributed by atoms with Gasteiger partial charge in [-0.25, -0.2) is 4.99 Å². The van der Waals surface area contributed by atoms with Crippen LogP contribution in [0, 0.1) is 13.8 Å². The van der Waals surface area contributed by atoms with Crippen molar-refractivity contribution in [3.05, 3.63) is 64.3 Å². The maximum absolute atomic E-state index is 6.37. The highest BCUT2D eigenvalue weighted by Crippen LogP contribution is 2.30. The van der Waals surface area contributed by atoms with E-state index in [0.717, 1.165) is 33.8 Å². The zero-order valence-electron chi connectivity index (χ0n) is 15.9. The molecule has 0 amide bonds. The highest BCUT2D eigenvalue weighted by Gasteiger charge is 2.10. The van der Waals surface area contributed by atoms with Crippen molar-refractivity contribution in [1.82, 2.24) is 0 Å². The average molecular weight is 369 g/mol. The van der Waals surface area contributed by atoms with E-state index in [1.807, 2.05) is 52.1 Å². The van der Waals surface area contributed by atoms with Gasteiger partial charge in [0.05, 0.1) is 10.7 Å². The van der Waals surface area contributed by atoms with Gasteiger partial charge < -0.3 is 10.6 Å². The summed E-state index contributed by atoms with van der Waals surface area (Å²) in [5.74, 6) is 0.711. The molecular weight excluding hydrogens is 344 g/mol. The second kappa shape index (κ2) is 9.20. The number of halogens is 1. The van der Waals surface area contributed by atoms with E-state index in [4.69, 9.17) is 16.6 Å². The highest BCUT2D eigenvalue weighted by atomic mass is 35.5. The van der Waals surface area contributed by atoms with E-state index >= 15 is 0 Å². The van der Waals surface area contributed by atoms with Gasteiger partial charge in [0.25, 0.3) is 0 Å². The zero-order chi connectivity index (χ0) is 19.1. The van der Waals surface area contributed by atoms with Gasteiger partial charge in [-0.1, -0.05) is 29.8 Å². The van der Waals surface area contributed by atoms with Crippen LogP contribution in [0.3, 0.4) is 0 Å². The molecule has 0 aliphatic heterocycles. The Morgan fingerprint density at radius 1 is 1.12 bits per heavy atom. The van der Waals surface area contributed by atoms with Gasteiger partial charge in [-0.05, 0) is 57.0 Å². The normalized spacial score (nSPS) is 12.5. The first kappa shape index (κ1) is 19.7. The van der Waals surface area contributed by atoms with Crippen LogP contribution in [0.1, 0.15) is 25.0 Å². The third-order valence-electron chi connectivity index (χ3n) is 3.98. The predicted octanol–water partition coefficient (Wildman–Crippen LogP) is 6.14. The molecule has 26 heavy (non-hydrogen) atoms. The van der Waals surface area contributed by atoms with Crippen LogP contribution in [0.25, 0.3) is 0 Å². The molecule has 0 fully saturated rings. The minimum absolute atomic E-state index is 0.622. The smallest absolute Gasteiger partial charge is 0.135 e. The highest BCUT2D eigenvalue weighted by molar-refractivity contribution is 6.33. The van der Waals surface area contributed by atoms with Crippen LogP contribution >= 0.6 is 11.6 Å². The van der Waals surface area contributed by atoms with Gasteiger partial charge in [0.15, 0.2) is 0 Å². The third kappa shape index (κ3) is 4.96. The number of benzene rings is 2. The number of aliphatic imine (C=N–C) groups is 2. The van der Waals surface area contributed by atoms with Crippen LogP contribution in [0.2, 0.25) is 5.02 Å². The van der Waals surface area contributed by atoms with Crippen molar-refractivity contribution in [1.29, 1.82) is 0 Å². The van der Waals surface area contributed by atoms with E-state index in [-0.39, 0.29) is 0 Å². The maximum atomic E-state index is 6.37. The molecule has 0 heterocycles. The predicted molar refractivity (Wildman–Crippen MR) is 116 cm³/mol. The van der Waals surface area contributed by atoms with Gasteiger partial charge in [-0.3, -0.25) is 4.99 Å². The first-order valence-corrected chi connectivity index (χ1v) is 8.88. The number of aryl methyl sites for hydroxylation is 2. The van der Waals surface area contributed by atoms with Gasteiger partial charge in [0, 0.05) is 36.4 Å². The van der Waals surface area contributed by atoms with Crippen molar-refractivity contribution in [2.45, 2.75) is 27.7 Å². The number of hydrogen-bond donors (Lipinski definition) is 2.